The summed E-state index contributed by atoms with van der Waals surface area (Å²) in [5.41, 5.74) is 0. The van der Waals surface area contributed by atoms with Gasteiger partial charge in [0.15, 0.2) is 6.19 Å². The molecule has 0 heterocycles. The molecule has 0 aliphatic carbocycles. The molecule has 33 valence electrons. The molecule has 0 aromatic heterocycles. The SMILES string of the molecule is N#CNCC[O]. The van der Waals surface area contributed by atoms with Crippen LogP contribution in [0.5, 0.6) is 0 Å². The summed E-state index contributed by atoms with van der Waals surface area (Å²) in [6.07, 6.45) is 1.62. The Balaban J connectivity index is 2.54. The zero-order valence-corrected chi connectivity index (χ0v) is 3.27. The molecule has 0 aliphatic heterocycles. The molecule has 0 saturated heterocycles. The Kier molecular flexibility index (Phi) is 3.72. The van der Waals surface area contributed by atoms with Gasteiger partial charge in [0.2, 0.25) is 0 Å². The highest BCUT2D eigenvalue weighted by Crippen LogP contribution is 1.48. The maximum absolute atomic E-state index is 9.48. The van der Waals surface area contributed by atoms with Gasteiger partial charge in [0.1, 0.15) is 6.61 Å². The van der Waals surface area contributed by atoms with Crippen molar-refractivity contribution in [2.75, 3.05) is 13.2 Å². The molecule has 0 aromatic carbocycles. The second-order valence-electron chi connectivity index (χ2n) is 0.743. The molecular weight excluding hydrogens is 80.0 g/mol. The number of nitrogens with zero attached hydrogens (tertiary/aromatic N) is 1. The lowest BCUT2D eigenvalue weighted by molar-refractivity contribution is 0.198. The first-order chi connectivity index (χ1) is 2.91. The fraction of sp³-hybridized carbons (Fsp3) is 0.667. The largest absolute Gasteiger partial charge is 0.321 e. The molecule has 0 aromatic rings. The fourth-order valence-corrected chi connectivity index (χ4v) is 0.107. The lowest BCUT2D eigenvalue weighted by atomic mass is 10.7. The first-order valence-corrected chi connectivity index (χ1v) is 1.62. The zero-order chi connectivity index (χ0) is 4.83. The van der Waals surface area contributed by atoms with Crippen LogP contribution in [0.25, 0.3) is 0 Å². The Hall–Kier alpha value is -0.750. The van der Waals surface area contributed by atoms with Crippen molar-refractivity contribution in [2.24, 2.45) is 0 Å². The second kappa shape index (κ2) is 4.25. The summed E-state index contributed by atoms with van der Waals surface area (Å²) in [5, 5.41) is 19.4. The fourth-order valence-electron chi connectivity index (χ4n) is 0.107. The van der Waals surface area contributed by atoms with E-state index in [-0.39, 0.29) is 13.2 Å². The van der Waals surface area contributed by atoms with Gasteiger partial charge in [-0.25, -0.2) is 5.11 Å². The van der Waals surface area contributed by atoms with E-state index in [2.05, 4.69) is 5.32 Å². The minimum Gasteiger partial charge on any atom is -0.321 e. The number of nitrogens with one attached hydrogen (secondary N) is 1. The highest BCUT2D eigenvalue weighted by Gasteiger charge is 1.72. The molecule has 6 heavy (non-hydrogen) atoms. The van der Waals surface area contributed by atoms with Gasteiger partial charge in [-0.15, -0.1) is 0 Å². The average Bonchev–Trinajstić information content (AvgIpc) is 1.61. The van der Waals surface area contributed by atoms with Crippen LogP contribution in [-0.4, -0.2) is 13.2 Å². The van der Waals surface area contributed by atoms with Crippen LogP contribution in [0.3, 0.4) is 0 Å². The zero-order valence-electron chi connectivity index (χ0n) is 3.27. The van der Waals surface area contributed by atoms with Crippen molar-refractivity contribution < 1.29 is 5.11 Å². The van der Waals surface area contributed by atoms with E-state index in [0.29, 0.717) is 0 Å². The van der Waals surface area contributed by atoms with E-state index in [4.69, 9.17) is 5.26 Å². The molecule has 0 spiro atoms. The van der Waals surface area contributed by atoms with Crippen molar-refractivity contribution in [2.45, 2.75) is 0 Å². The molecule has 0 unspecified atom stereocenters. The summed E-state index contributed by atoms with van der Waals surface area (Å²) in [6.45, 7) is 0.0179. The Labute approximate surface area is 36.2 Å². The van der Waals surface area contributed by atoms with Gasteiger partial charge in [0, 0.05) is 0 Å². The van der Waals surface area contributed by atoms with Crippen LogP contribution in [0.15, 0.2) is 0 Å². The minimum atomic E-state index is -0.229. The number of hydrogen-bond acceptors (Lipinski definition) is 2. The molecule has 3 nitrogen and oxygen atoms in total. The summed E-state index contributed by atoms with van der Waals surface area (Å²) in [4.78, 5) is 0. The first kappa shape index (κ1) is 5.25. The van der Waals surface area contributed by atoms with E-state index in [1.807, 2.05) is 0 Å². The second-order valence-corrected chi connectivity index (χ2v) is 0.743. The molecule has 0 aliphatic rings. The molecule has 3 heteroatoms. The smallest absolute Gasteiger partial charge is 0.176 e. The maximum atomic E-state index is 9.48. The highest BCUT2D eigenvalue weighted by atomic mass is 16.3. The monoisotopic (exact) mass is 85.0 g/mol. The number of hydrogen-bond donors (Lipinski definition) is 1. The lowest BCUT2D eigenvalue weighted by Crippen LogP contribution is -2.09. The molecule has 1 N–H and O–H groups in total. The van der Waals surface area contributed by atoms with Crippen molar-refractivity contribution in [1.29, 1.82) is 5.26 Å². The normalized spacial score (nSPS) is 6.67. The molecule has 0 bridgehead atoms. The highest BCUT2D eigenvalue weighted by molar-refractivity contribution is 4.62. The van der Waals surface area contributed by atoms with Gasteiger partial charge < -0.3 is 5.32 Å². The Morgan fingerprint density at radius 3 is 2.67 bits per heavy atom. The van der Waals surface area contributed by atoms with E-state index < -0.39 is 0 Å². The predicted molar refractivity (Wildman–Crippen MR) is 19.2 cm³/mol. The molecular formula is C3H5N2O. The van der Waals surface area contributed by atoms with E-state index in [1.54, 1.807) is 6.19 Å². The van der Waals surface area contributed by atoms with Gasteiger partial charge in [-0.1, -0.05) is 0 Å². The standard InChI is InChI=1S/C3H5N2O/c4-3-5-1-2-6/h5H,1-2H2. The van der Waals surface area contributed by atoms with E-state index >= 15 is 0 Å². The average molecular weight is 85.1 g/mol. The van der Waals surface area contributed by atoms with E-state index in [0.717, 1.165) is 0 Å². The van der Waals surface area contributed by atoms with Gasteiger partial charge >= 0.3 is 0 Å². The van der Waals surface area contributed by atoms with Crippen LogP contribution in [0, 0.1) is 11.5 Å². The van der Waals surface area contributed by atoms with Gasteiger partial charge in [-0.3, -0.25) is 0 Å². The van der Waals surface area contributed by atoms with Gasteiger partial charge in [0.05, 0.1) is 6.54 Å². The Morgan fingerprint density at radius 2 is 2.50 bits per heavy atom. The quantitative estimate of drug-likeness (QED) is 0.279. The molecule has 0 amide bonds. The molecule has 0 rings (SSSR count). The summed E-state index contributed by atoms with van der Waals surface area (Å²) >= 11 is 0. The summed E-state index contributed by atoms with van der Waals surface area (Å²) < 4.78 is 0. The third-order valence-electron chi connectivity index (χ3n) is 0.306. The predicted octanol–water partition coefficient (Wildman–Crippen LogP) is -0.512. The topological polar surface area (TPSA) is 55.7 Å². The molecule has 0 fully saturated rings. The maximum Gasteiger partial charge on any atom is 0.176 e. The van der Waals surface area contributed by atoms with Crippen molar-refractivity contribution in [3.8, 4) is 6.19 Å². The van der Waals surface area contributed by atoms with Crippen molar-refractivity contribution >= 4 is 0 Å². The summed E-state index contributed by atoms with van der Waals surface area (Å²) in [6, 6.07) is 0. The van der Waals surface area contributed by atoms with Crippen LogP contribution >= 0.6 is 0 Å². The first-order valence-electron chi connectivity index (χ1n) is 1.62. The summed E-state index contributed by atoms with van der Waals surface area (Å²) in [7, 11) is 0. The van der Waals surface area contributed by atoms with Crippen molar-refractivity contribution in [3.63, 3.8) is 0 Å². The third-order valence-corrected chi connectivity index (χ3v) is 0.306. The van der Waals surface area contributed by atoms with E-state index in [9.17, 15) is 5.11 Å². The van der Waals surface area contributed by atoms with Crippen LogP contribution in [-0.2, 0) is 5.11 Å². The summed E-state index contributed by atoms with van der Waals surface area (Å²) in [5.74, 6) is 0. The molecule has 0 atom stereocenters. The minimum absolute atomic E-state index is 0.229. The third kappa shape index (κ3) is 3.25. The Bertz CT molecular complexity index is 56.3. The molecule has 1 radical (unpaired) electrons. The number of nitriles is 1. The van der Waals surface area contributed by atoms with Gasteiger partial charge in [-0.05, 0) is 0 Å². The van der Waals surface area contributed by atoms with Crippen LogP contribution in [0.2, 0.25) is 0 Å². The van der Waals surface area contributed by atoms with Crippen molar-refractivity contribution in [1.82, 2.24) is 5.32 Å². The van der Waals surface area contributed by atoms with E-state index in [1.165, 1.54) is 0 Å². The Morgan fingerprint density at radius 1 is 1.83 bits per heavy atom. The van der Waals surface area contributed by atoms with Crippen LogP contribution < -0.4 is 5.32 Å². The lowest BCUT2D eigenvalue weighted by Gasteiger charge is -1.81. The van der Waals surface area contributed by atoms with Gasteiger partial charge in [-0.2, -0.15) is 5.26 Å². The van der Waals surface area contributed by atoms with Crippen molar-refractivity contribution in [3.05, 3.63) is 0 Å². The van der Waals surface area contributed by atoms with Crippen LogP contribution in [0.4, 0.5) is 0 Å². The van der Waals surface area contributed by atoms with Crippen LogP contribution in [0.1, 0.15) is 0 Å². The van der Waals surface area contributed by atoms with Gasteiger partial charge in [0.25, 0.3) is 0 Å². The number of rotatable bonds is 2. The molecule has 0 saturated carbocycles.